The van der Waals surface area contributed by atoms with E-state index in [2.05, 4.69) is 4.98 Å². The lowest BCUT2D eigenvalue weighted by atomic mass is 9.92. The van der Waals surface area contributed by atoms with Gasteiger partial charge in [-0.3, -0.25) is 4.79 Å². The van der Waals surface area contributed by atoms with Crippen molar-refractivity contribution in [2.24, 2.45) is 5.41 Å². The molecule has 1 saturated heterocycles. The molecule has 0 spiro atoms. The maximum absolute atomic E-state index is 12.1. The standard InChI is InChI=1S/C13H16Cl2N2O2/c1-13(2,8-14)12(18)17-6-10(7-17)19-11-4-3-9(15)5-16-11/h3-5,10H,6-8H2,1-2H3. The summed E-state index contributed by atoms with van der Waals surface area (Å²) in [7, 11) is 0. The number of carbonyl (C=O) groups excluding carboxylic acids is 1. The highest BCUT2D eigenvalue weighted by Crippen LogP contribution is 2.25. The van der Waals surface area contributed by atoms with Gasteiger partial charge in [-0.15, -0.1) is 11.6 Å². The molecule has 19 heavy (non-hydrogen) atoms. The normalized spacial score (nSPS) is 16.1. The number of aromatic nitrogens is 1. The summed E-state index contributed by atoms with van der Waals surface area (Å²) in [6, 6.07) is 3.44. The van der Waals surface area contributed by atoms with Crippen molar-refractivity contribution >= 4 is 29.1 Å². The van der Waals surface area contributed by atoms with E-state index in [9.17, 15) is 4.79 Å². The average Bonchev–Trinajstić information content (AvgIpc) is 2.34. The Morgan fingerprint density at radius 3 is 2.74 bits per heavy atom. The third kappa shape index (κ3) is 3.31. The maximum Gasteiger partial charge on any atom is 0.229 e. The number of hydrogen-bond donors (Lipinski definition) is 0. The molecule has 0 unspecified atom stereocenters. The number of amides is 1. The second-order valence-electron chi connectivity index (χ2n) is 5.28. The van der Waals surface area contributed by atoms with Crippen LogP contribution >= 0.6 is 23.2 Å². The number of pyridine rings is 1. The van der Waals surface area contributed by atoms with E-state index in [-0.39, 0.29) is 12.0 Å². The summed E-state index contributed by atoms with van der Waals surface area (Å²) in [6.45, 7) is 4.83. The van der Waals surface area contributed by atoms with Crippen molar-refractivity contribution in [1.29, 1.82) is 0 Å². The predicted octanol–water partition coefficient (Wildman–Crippen LogP) is 2.59. The molecule has 0 bridgehead atoms. The van der Waals surface area contributed by atoms with E-state index in [1.807, 2.05) is 13.8 Å². The SMILES string of the molecule is CC(C)(CCl)C(=O)N1CC(Oc2ccc(Cl)cn2)C1. The minimum absolute atomic E-state index is 0.0104. The van der Waals surface area contributed by atoms with Gasteiger partial charge >= 0.3 is 0 Å². The number of likely N-dealkylation sites (tertiary alicyclic amines) is 1. The molecule has 0 saturated carbocycles. The first kappa shape index (κ1) is 14.4. The number of carbonyl (C=O) groups is 1. The van der Waals surface area contributed by atoms with Crippen LogP contribution in [0.25, 0.3) is 0 Å². The molecule has 2 rings (SSSR count). The van der Waals surface area contributed by atoms with Gasteiger partial charge in [0.25, 0.3) is 0 Å². The number of halogens is 2. The van der Waals surface area contributed by atoms with Crippen molar-refractivity contribution in [2.45, 2.75) is 20.0 Å². The van der Waals surface area contributed by atoms with Gasteiger partial charge < -0.3 is 9.64 Å². The van der Waals surface area contributed by atoms with Gasteiger partial charge in [-0.1, -0.05) is 11.6 Å². The van der Waals surface area contributed by atoms with Crippen molar-refractivity contribution in [3.05, 3.63) is 23.4 Å². The average molecular weight is 303 g/mol. The molecule has 104 valence electrons. The van der Waals surface area contributed by atoms with Gasteiger partial charge in [-0.25, -0.2) is 4.98 Å². The van der Waals surface area contributed by atoms with Crippen LogP contribution in [0.3, 0.4) is 0 Å². The predicted molar refractivity (Wildman–Crippen MR) is 74.7 cm³/mol. The van der Waals surface area contributed by atoms with E-state index < -0.39 is 5.41 Å². The molecule has 1 amide bonds. The van der Waals surface area contributed by atoms with Crippen molar-refractivity contribution in [2.75, 3.05) is 19.0 Å². The van der Waals surface area contributed by atoms with E-state index in [1.165, 1.54) is 6.20 Å². The summed E-state index contributed by atoms with van der Waals surface area (Å²) in [6.07, 6.45) is 1.53. The third-order valence-corrected chi connectivity index (χ3v) is 3.93. The van der Waals surface area contributed by atoms with Gasteiger partial charge in [0.05, 0.1) is 23.5 Å². The molecular formula is C13H16Cl2N2O2. The van der Waals surface area contributed by atoms with Crippen LogP contribution < -0.4 is 4.74 Å². The van der Waals surface area contributed by atoms with Crippen LogP contribution in [-0.2, 0) is 4.79 Å². The second-order valence-corrected chi connectivity index (χ2v) is 5.99. The van der Waals surface area contributed by atoms with Gasteiger partial charge in [0.2, 0.25) is 11.8 Å². The van der Waals surface area contributed by atoms with Gasteiger partial charge in [-0.05, 0) is 19.9 Å². The van der Waals surface area contributed by atoms with Crippen LogP contribution in [0.2, 0.25) is 5.02 Å². The summed E-state index contributed by atoms with van der Waals surface area (Å²) >= 11 is 11.5. The van der Waals surface area contributed by atoms with Gasteiger partial charge in [0.1, 0.15) is 6.10 Å². The molecule has 1 fully saturated rings. The minimum atomic E-state index is -0.523. The van der Waals surface area contributed by atoms with E-state index in [0.717, 1.165) is 0 Å². The Labute approximate surface area is 122 Å². The van der Waals surface area contributed by atoms with Crippen LogP contribution in [0, 0.1) is 5.41 Å². The Hall–Kier alpha value is -1.00. The molecule has 4 nitrogen and oxygen atoms in total. The van der Waals surface area contributed by atoms with Crippen molar-refractivity contribution in [1.82, 2.24) is 9.88 Å². The first-order valence-electron chi connectivity index (χ1n) is 6.06. The molecule has 0 N–H and O–H groups in total. The lowest BCUT2D eigenvalue weighted by molar-refractivity contribution is -0.148. The fourth-order valence-corrected chi connectivity index (χ4v) is 1.99. The number of hydrogen-bond acceptors (Lipinski definition) is 3. The molecule has 0 aliphatic carbocycles. The molecule has 1 aromatic heterocycles. The number of nitrogens with zero attached hydrogens (tertiary/aromatic N) is 2. The minimum Gasteiger partial charge on any atom is -0.471 e. The van der Waals surface area contributed by atoms with Gasteiger partial charge in [0.15, 0.2) is 0 Å². The summed E-state index contributed by atoms with van der Waals surface area (Å²) in [5.41, 5.74) is -0.523. The zero-order valence-electron chi connectivity index (χ0n) is 10.9. The molecule has 1 aliphatic rings. The lowest BCUT2D eigenvalue weighted by Gasteiger charge is -2.42. The third-order valence-electron chi connectivity index (χ3n) is 3.04. The summed E-state index contributed by atoms with van der Waals surface area (Å²) in [5, 5.41) is 0.571. The fraction of sp³-hybridized carbons (Fsp3) is 0.538. The van der Waals surface area contributed by atoms with E-state index in [1.54, 1.807) is 17.0 Å². The fourth-order valence-electron chi connectivity index (χ4n) is 1.77. The molecule has 1 aromatic rings. The molecule has 0 atom stereocenters. The number of alkyl halides is 1. The van der Waals surface area contributed by atoms with Crippen LogP contribution in [0.4, 0.5) is 0 Å². The Balaban J connectivity index is 1.83. The highest BCUT2D eigenvalue weighted by atomic mass is 35.5. The van der Waals surface area contributed by atoms with E-state index in [4.69, 9.17) is 27.9 Å². The van der Waals surface area contributed by atoms with E-state index in [0.29, 0.717) is 29.9 Å². The van der Waals surface area contributed by atoms with Crippen LogP contribution in [0.1, 0.15) is 13.8 Å². The molecule has 0 radical (unpaired) electrons. The molecule has 0 aromatic carbocycles. The first-order valence-corrected chi connectivity index (χ1v) is 6.97. The van der Waals surface area contributed by atoms with Crippen molar-refractivity contribution < 1.29 is 9.53 Å². The Morgan fingerprint density at radius 1 is 1.53 bits per heavy atom. The second kappa shape index (κ2) is 5.55. The van der Waals surface area contributed by atoms with Gasteiger partial charge in [-0.2, -0.15) is 0 Å². The highest BCUT2D eigenvalue weighted by molar-refractivity contribution is 6.30. The van der Waals surface area contributed by atoms with Gasteiger partial charge in [0, 0.05) is 18.1 Å². The molecule has 2 heterocycles. The van der Waals surface area contributed by atoms with Crippen LogP contribution in [0.5, 0.6) is 5.88 Å². The smallest absolute Gasteiger partial charge is 0.229 e. The van der Waals surface area contributed by atoms with E-state index >= 15 is 0 Å². The molecule has 1 aliphatic heterocycles. The Bertz CT molecular complexity index is 456. The first-order chi connectivity index (χ1) is 8.92. The number of ether oxygens (including phenoxy) is 1. The molecular weight excluding hydrogens is 287 g/mol. The number of rotatable bonds is 4. The summed E-state index contributed by atoms with van der Waals surface area (Å²) in [4.78, 5) is 17.9. The lowest BCUT2D eigenvalue weighted by Crippen LogP contribution is -2.59. The monoisotopic (exact) mass is 302 g/mol. The summed E-state index contributed by atoms with van der Waals surface area (Å²) < 4.78 is 5.64. The topological polar surface area (TPSA) is 42.4 Å². The highest BCUT2D eigenvalue weighted by Gasteiger charge is 2.39. The van der Waals surface area contributed by atoms with Crippen LogP contribution in [0.15, 0.2) is 18.3 Å². The summed E-state index contributed by atoms with van der Waals surface area (Å²) in [5.74, 6) is 0.900. The van der Waals surface area contributed by atoms with Crippen LogP contribution in [-0.4, -0.2) is 40.9 Å². The quantitative estimate of drug-likeness (QED) is 0.803. The zero-order valence-corrected chi connectivity index (χ0v) is 12.4. The van der Waals surface area contributed by atoms with Crippen molar-refractivity contribution in [3.8, 4) is 5.88 Å². The largest absolute Gasteiger partial charge is 0.471 e. The zero-order chi connectivity index (χ0) is 14.0. The molecule has 6 heteroatoms. The Morgan fingerprint density at radius 2 is 2.21 bits per heavy atom. The maximum atomic E-state index is 12.1. The van der Waals surface area contributed by atoms with Crippen molar-refractivity contribution in [3.63, 3.8) is 0 Å². The Kier molecular flexibility index (Phi) is 4.21.